The van der Waals surface area contributed by atoms with Crippen molar-refractivity contribution < 1.29 is 4.79 Å². The van der Waals surface area contributed by atoms with Gasteiger partial charge in [-0.05, 0) is 24.7 Å². The van der Waals surface area contributed by atoms with Crippen LogP contribution < -0.4 is 5.32 Å². The Bertz CT molecular complexity index is 358. The second kappa shape index (κ2) is 4.23. The summed E-state index contributed by atoms with van der Waals surface area (Å²) in [6.07, 6.45) is 6.59. The van der Waals surface area contributed by atoms with Gasteiger partial charge in [0.25, 0.3) is 0 Å². The lowest BCUT2D eigenvalue weighted by Crippen LogP contribution is -2.36. The standard InChI is InChI=1S/C11H18N4O/c1-11(2)4-3-9(7-11)13-10(16)8-15-6-5-12-14-15/h5-6,9H,3-4,7-8H2,1-2H3,(H,13,16). The zero-order valence-electron chi connectivity index (χ0n) is 9.81. The Morgan fingerprint density at radius 1 is 1.62 bits per heavy atom. The van der Waals surface area contributed by atoms with Gasteiger partial charge in [0.05, 0.1) is 6.20 Å². The molecule has 1 saturated carbocycles. The van der Waals surface area contributed by atoms with E-state index in [4.69, 9.17) is 0 Å². The van der Waals surface area contributed by atoms with Crippen LogP contribution in [0.5, 0.6) is 0 Å². The van der Waals surface area contributed by atoms with Crippen molar-refractivity contribution in [2.24, 2.45) is 5.41 Å². The van der Waals surface area contributed by atoms with Crippen molar-refractivity contribution in [2.75, 3.05) is 0 Å². The van der Waals surface area contributed by atoms with Crippen LogP contribution in [0.15, 0.2) is 12.4 Å². The van der Waals surface area contributed by atoms with Gasteiger partial charge in [-0.15, -0.1) is 5.10 Å². The van der Waals surface area contributed by atoms with Gasteiger partial charge in [-0.3, -0.25) is 4.79 Å². The molecule has 88 valence electrons. The zero-order valence-corrected chi connectivity index (χ0v) is 9.81. The summed E-state index contributed by atoms with van der Waals surface area (Å²) in [7, 11) is 0. The highest BCUT2D eigenvalue weighted by Crippen LogP contribution is 2.36. The minimum atomic E-state index is 0.0215. The van der Waals surface area contributed by atoms with E-state index in [9.17, 15) is 4.79 Å². The Labute approximate surface area is 95.2 Å². The molecule has 1 fully saturated rings. The van der Waals surface area contributed by atoms with Crippen LogP contribution in [-0.4, -0.2) is 26.9 Å². The Balaban J connectivity index is 1.80. The Morgan fingerprint density at radius 2 is 2.44 bits per heavy atom. The highest BCUT2D eigenvalue weighted by atomic mass is 16.2. The molecule has 5 heteroatoms. The third-order valence-electron chi connectivity index (χ3n) is 3.11. The molecular formula is C11H18N4O. The molecule has 2 rings (SSSR count). The van der Waals surface area contributed by atoms with Crippen molar-refractivity contribution >= 4 is 5.91 Å². The van der Waals surface area contributed by atoms with E-state index in [1.165, 1.54) is 11.1 Å². The minimum Gasteiger partial charge on any atom is -0.352 e. The maximum atomic E-state index is 11.7. The number of nitrogens with zero attached hydrogens (tertiary/aromatic N) is 3. The highest BCUT2D eigenvalue weighted by molar-refractivity contribution is 5.75. The lowest BCUT2D eigenvalue weighted by Gasteiger charge is -2.17. The molecule has 0 aromatic carbocycles. The molecule has 0 spiro atoms. The van der Waals surface area contributed by atoms with Crippen LogP contribution in [0.2, 0.25) is 0 Å². The molecule has 16 heavy (non-hydrogen) atoms. The topological polar surface area (TPSA) is 59.8 Å². The van der Waals surface area contributed by atoms with E-state index >= 15 is 0 Å². The van der Waals surface area contributed by atoms with Crippen molar-refractivity contribution in [2.45, 2.75) is 45.7 Å². The first-order valence-corrected chi connectivity index (χ1v) is 5.69. The summed E-state index contributed by atoms with van der Waals surface area (Å²) < 4.78 is 1.54. The number of aromatic nitrogens is 3. The lowest BCUT2D eigenvalue weighted by molar-refractivity contribution is -0.122. The Morgan fingerprint density at radius 3 is 3.00 bits per heavy atom. The number of carbonyl (C=O) groups excluding carboxylic acids is 1. The smallest absolute Gasteiger partial charge is 0.242 e. The second-order valence-corrected chi connectivity index (χ2v) is 5.27. The van der Waals surface area contributed by atoms with Crippen molar-refractivity contribution in [3.8, 4) is 0 Å². The molecule has 5 nitrogen and oxygen atoms in total. The van der Waals surface area contributed by atoms with Crippen LogP contribution in [-0.2, 0) is 11.3 Å². The van der Waals surface area contributed by atoms with Crippen molar-refractivity contribution in [3.05, 3.63) is 12.4 Å². The average Bonchev–Trinajstić information content (AvgIpc) is 2.76. The number of rotatable bonds is 3. The molecule has 1 aliphatic carbocycles. The van der Waals surface area contributed by atoms with E-state index in [0.29, 0.717) is 11.5 Å². The van der Waals surface area contributed by atoms with Gasteiger partial charge in [0, 0.05) is 12.2 Å². The fraction of sp³-hybridized carbons (Fsp3) is 0.727. The number of carbonyl (C=O) groups is 1. The molecular weight excluding hydrogens is 204 g/mol. The monoisotopic (exact) mass is 222 g/mol. The third-order valence-corrected chi connectivity index (χ3v) is 3.11. The average molecular weight is 222 g/mol. The van der Waals surface area contributed by atoms with Crippen LogP contribution in [0.1, 0.15) is 33.1 Å². The molecule has 1 N–H and O–H groups in total. The second-order valence-electron chi connectivity index (χ2n) is 5.27. The van der Waals surface area contributed by atoms with E-state index in [0.717, 1.165) is 12.8 Å². The predicted octanol–water partition coefficient (Wildman–Crippen LogP) is 0.973. The molecule has 1 aliphatic rings. The highest BCUT2D eigenvalue weighted by Gasteiger charge is 2.31. The van der Waals surface area contributed by atoms with Gasteiger partial charge in [0.15, 0.2) is 0 Å². The maximum Gasteiger partial charge on any atom is 0.242 e. The van der Waals surface area contributed by atoms with Crippen molar-refractivity contribution in [1.29, 1.82) is 0 Å². The van der Waals surface area contributed by atoms with Crippen LogP contribution in [0.25, 0.3) is 0 Å². The van der Waals surface area contributed by atoms with E-state index < -0.39 is 0 Å². The lowest BCUT2D eigenvalue weighted by atomic mass is 9.92. The first kappa shape index (κ1) is 11.1. The SMILES string of the molecule is CC1(C)CCC(NC(=O)Cn2ccnn2)C1. The Kier molecular flexibility index (Phi) is 2.94. The van der Waals surface area contributed by atoms with E-state index in [1.54, 1.807) is 12.4 Å². The number of hydrogen-bond acceptors (Lipinski definition) is 3. The van der Waals surface area contributed by atoms with E-state index in [2.05, 4.69) is 29.5 Å². The van der Waals surface area contributed by atoms with Gasteiger partial charge in [0.1, 0.15) is 6.54 Å². The molecule has 1 heterocycles. The summed E-state index contributed by atoms with van der Waals surface area (Å²) in [5.74, 6) is 0.0215. The first-order valence-electron chi connectivity index (χ1n) is 5.69. The summed E-state index contributed by atoms with van der Waals surface area (Å²) >= 11 is 0. The van der Waals surface area contributed by atoms with Gasteiger partial charge in [-0.1, -0.05) is 19.1 Å². The summed E-state index contributed by atoms with van der Waals surface area (Å²) in [6.45, 7) is 4.75. The van der Waals surface area contributed by atoms with E-state index in [-0.39, 0.29) is 12.5 Å². The molecule has 1 atom stereocenters. The van der Waals surface area contributed by atoms with Crippen LogP contribution in [0.3, 0.4) is 0 Å². The zero-order chi connectivity index (χ0) is 11.6. The molecule has 1 aromatic heterocycles. The van der Waals surface area contributed by atoms with Crippen LogP contribution in [0, 0.1) is 5.41 Å². The molecule has 1 aromatic rings. The maximum absolute atomic E-state index is 11.7. The van der Waals surface area contributed by atoms with Gasteiger partial charge < -0.3 is 5.32 Å². The Hall–Kier alpha value is -1.39. The molecule has 0 bridgehead atoms. The van der Waals surface area contributed by atoms with Crippen LogP contribution >= 0.6 is 0 Å². The first-order chi connectivity index (χ1) is 7.55. The summed E-state index contributed by atoms with van der Waals surface area (Å²) in [6, 6.07) is 0.325. The molecule has 0 radical (unpaired) electrons. The quantitative estimate of drug-likeness (QED) is 0.829. The van der Waals surface area contributed by atoms with E-state index in [1.807, 2.05) is 0 Å². The molecule has 0 aliphatic heterocycles. The number of amides is 1. The molecule has 0 saturated heterocycles. The van der Waals surface area contributed by atoms with Crippen LogP contribution in [0.4, 0.5) is 0 Å². The predicted molar refractivity (Wildman–Crippen MR) is 59.6 cm³/mol. The van der Waals surface area contributed by atoms with Gasteiger partial charge in [0.2, 0.25) is 5.91 Å². The van der Waals surface area contributed by atoms with Gasteiger partial charge in [-0.25, -0.2) is 4.68 Å². The number of hydrogen-bond donors (Lipinski definition) is 1. The molecule has 1 amide bonds. The molecule has 1 unspecified atom stereocenters. The van der Waals surface area contributed by atoms with Gasteiger partial charge >= 0.3 is 0 Å². The largest absolute Gasteiger partial charge is 0.352 e. The number of nitrogens with one attached hydrogen (secondary N) is 1. The van der Waals surface area contributed by atoms with Crippen molar-refractivity contribution in [1.82, 2.24) is 20.3 Å². The fourth-order valence-electron chi connectivity index (χ4n) is 2.30. The minimum absolute atomic E-state index is 0.0215. The normalized spacial score (nSPS) is 23.2. The third kappa shape index (κ3) is 2.81. The summed E-state index contributed by atoms with van der Waals surface area (Å²) in [5.41, 5.74) is 0.366. The summed E-state index contributed by atoms with van der Waals surface area (Å²) in [4.78, 5) is 11.7. The fourth-order valence-corrected chi connectivity index (χ4v) is 2.30. The van der Waals surface area contributed by atoms with Gasteiger partial charge in [-0.2, -0.15) is 0 Å². The van der Waals surface area contributed by atoms with Crippen molar-refractivity contribution in [3.63, 3.8) is 0 Å². The summed E-state index contributed by atoms with van der Waals surface area (Å²) in [5, 5.41) is 10.5.